The molecule has 2 atom stereocenters. The van der Waals surface area contributed by atoms with E-state index in [1.807, 2.05) is 17.9 Å². The van der Waals surface area contributed by atoms with Gasteiger partial charge in [0.1, 0.15) is 23.8 Å². The third-order valence-electron chi connectivity index (χ3n) is 8.67. The summed E-state index contributed by atoms with van der Waals surface area (Å²) in [4.78, 5) is 38.0. The van der Waals surface area contributed by atoms with E-state index in [2.05, 4.69) is 33.3 Å². The molecule has 1 saturated carbocycles. The second-order valence-corrected chi connectivity index (χ2v) is 11.9. The minimum absolute atomic E-state index is 0.0319. The number of fused-ring (bicyclic) bond motifs is 2. The van der Waals surface area contributed by atoms with Gasteiger partial charge in [-0.05, 0) is 39.3 Å². The van der Waals surface area contributed by atoms with Crippen molar-refractivity contribution < 1.29 is 18.3 Å². The average Bonchev–Trinajstić information content (AvgIpc) is 3.86. The highest BCUT2D eigenvalue weighted by Gasteiger charge is 2.36. The van der Waals surface area contributed by atoms with Crippen LogP contribution in [0.2, 0.25) is 0 Å². The Labute approximate surface area is 255 Å². The molecule has 3 aromatic rings. The fourth-order valence-electron chi connectivity index (χ4n) is 6.34. The molecule has 4 heterocycles. The number of benzene rings is 1. The summed E-state index contributed by atoms with van der Waals surface area (Å²) in [5.74, 6) is -1.43. The first-order chi connectivity index (χ1) is 21.2. The average molecular weight is 603 g/mol. The van der Waals surface area contributed by atoms with Gasteiger partial charge in [0, 0.05) is 61.3 Å². The van der Waals surface area contributed by atoms with Gasteiger partial charge in [0.2, 0.25) is 6.54 Å². The minimum Gasteiger partial charge on any atom is -0.459 e. The Morgan fingerprint density at radius 1 is 1.23 bits per heavy atom. The number of anilines is 2. The molecule has 0 bridgehead atoms. The lowest BCUT2D eigenvalue weighted by atomic mass is 10.0. The molecular weight excluding hydrogens is 566 g/mol. The van der Waals surface area contributed by atoms with E-state index in [1.54, 1.807) is 18.5 Å². The van der Waals surface area contributed by atoms with Gasteiger partial charge in [-0.1, -0.05) is 18.7 Å². The Kier molecular flexibility index (Phi) is 8.31. The van der Waals surface area contributed by atoms with Crippen LogP contribution >= 0.6 is 0 Å². The molecule has 1 aromatic carbocycles. The number of rotatable bonds is 9. The fraction of sp³-hybridized carbons (Fsp3) is 0.469. The van der Waals surface area contributed by atoms with Crippen molar-refractivity contribution in [3.05, 3.63) is 71.5 Å². The van der Waals surface area contributed by atoms with Crippen LogP contribution in [-0.4, -0.2) is 95.2 Å². The summed E-state index contributed by atoms with van der Waals surface area (Å²) in [5.41, 5.74) is 2.41. The molecule has 2 fully saturated rings. The van der Waals surface area contributed by atoms with Crippen molar-refractivity contribution >= 4 is 28.2 Å². The van der Waals surface area contributed by atoms with Crippen LogP contribution in [0.4, 0.5) is 20.3 Å². The topological polar surface area (TPSA) is 82.3 Å². The van der Waals surface area contributed by atoms with Crippen LogP contribution in [0.3, 0.4) is 0 Å². The summed E-state index contributed by atoms with van der Waals surface area (Å²) in [6.07, 6.45) is 6.16. The number of amides is 1. The van der Waals surface area contributed by atoms with Crippen molar-refractivity contribution in [3.8, 4) is 6.01 Å². The van der Waals surface area contributed by atoms with E-state index < -0.39 is 17.8 Å². The number of piperazine rings is 1. The van der Waals surface area contributed by atoms with E-state index in [0.29, 0.717) is 55.5 Å². The fourth-order valence-corrected chi connectivity index (χ4v) is 6.34. The second-order valence-electron chi connectivity index (χ2n) is 11.9. The molecule has 2 aliphatic heterocycles. The van der Waals surface area contributed by atoms with Crippen LogP contribution < -0.4 is 14.5 Å². The van der Waals surface area contributed by atoms with Crippen LogP contribution in [0.5, 0.6) is 6.01 Å². The molecule has 2 aromatic heterocycles. The second kappa shape index (κ2) is 12.3. The number of hydrogen-bond donors (Lipinski definition) is 0. The lowest BCUT2D eigenvalue weighted by Gasteiger charge is -2.41. The maximum Gasteiger partial charge on any atom is 0.318 e. The lowest BCUT2D eigenvalue weighted by Crippen LogP contribution is -2.57. The van der Waals surface area contributed by atoms with Crippen LogP contribution in [0, 0.1) is 12.4 Å². The molecule has 1 saturated heterocycles. The van der Waals surface area contributed by atoms with Gasteiger partial charge in [-0.3, -0.25) is 14.7 Å². The van der Waals surface area contributed by atoms with Crippen molar-refractivity contribution in [1.29, 1.82) is 0 Å². The molecule has 6 rings (SSSR count). The lowest BCUT2D eigenvalue weighted by molar-refractivity contribution is -0.131. The third-order valence-corrected chi connectivity index (χ3v) is 8.67. The highest BCUT2D eigenvalue weighted by molar-refractivity contribution is 5.94. The largest absolute Gasteiger partial charge is 0.459 e. The number of aromatic nitrogens is 3. The molecule has 44 heavy (non-hydrogen) atoms. The van der Waals surface area contributed by atoms with Crippen molar-refractivity contribution in [2.75, 3.05) is 56.1 Å². The monoisotopic (exact) mass is 602 g/mol. The number of pyridine rings is 1. The third kappa shape index (κ3) is 6.01. The molecule has 1 amide bonds. The Balaban J connectivity index is 1.33. The summed E-state index contributed by atoms with van der Waals surface area (Å²) in [5, 5.41) is 1.24. The SMILES string of the molecule is [C-]#[N+]C[C@H]1CN(c2nc(O[C@@H](C)CN(C)C3CC3)nc3c2CCN(c2cncc4cccc(F)c24)C3)CCN1C(=O)C(=C)F. The molecule has 1 aliphatic carbocycles. The minimum atomic E-state index is -1.03. The molecule has 3 aliphatic rings. The quantitative estimate of drug-likeness (QED) is 0.269. The maximum atomic E-state index is 15.0. The van der Waals surface area contributed by atoms with Crippen molar-refractivity contribution in [2.45, 2.75) is 50.9 Å². The first-order valence-corrected chi connectivity index (χ1v) is 15.0. The molecule has 0 spiro atoms. The van der Waals surface area contributed by atoms with Crippen LogP contribution in [0.15, 0.2) is 43.0 Å². The van der Waals surface area contributed by atoms with E-state index in [4.69, 9.17) is 21.3 Å². The van der Waals surface area contributed by atoms with Gasteiger partial charge in [-0.15, -0.1) is 0 Å². The van der Waals surface area contributed by atoms with E-state index in [-0.39, 0.29) is 31.0 Å². The normalized spacial score (nSPS) is 19.1. The number of hydrogen-bond acceptors (Lipinski definition) is 8. The number of nitrogens with zero attached hydrogens (tertiary/aromatic N) is 8. The predicted octanol–water partition coefficient (Wildman–Crippen LogP) is 4.01. The zero-order valence-corrected chi connectivity index (χ0v) is 25.0. The Hall–Kier alpha value is -4.37. The molecular formula is C32H36F2N8O2. The first kappa shape index (κ1) is 29.7. The maximum absolute atomic E-state index is 15.0. The molecule has 10 nitrogen and oxygen atoms in total. The smallest absolute Gasteiger partial charge is 0.318 e. The van der Waals surface area contributed by atoms with Crippen LogP contribution in [0.1, 0.15) is 31.0 Å². The molecule has 0 N–H and O–H groups in total. The van der Waals surface area contributed by atoms with E-state index >= 15 is 4.39 Å². The molecule has 230 valence electrons. The Morgan fingerprint density at radius 2 is 2.05 bits per heavy atom. The zero-order chi connectivity index (χ0) is 31.0. The number of ether oxygens (including phenoxy) is 1. The standard InChI is InChI=1S/C32H36F2N8O2/c1-20(17-39(4)23-8-9-23)44-32-37-27-19-40(28-16-36-14-22-6-5-7-26(34)29(22)28)11-10-25(27)30(38-32)41-12-13-42(31(43)21(2)33)24(18-41)15-35-3/h5-7,14,16,20,23-24H,2,8-13,15,17-19H2,1,4H3/t20-,24-/m0/s1. The van der Waals surface area contributed by atoms with Crippen molar-refractivity contribution in [2.24, 2.45) is 0 Å². The van der Waals surface area contributed by atoms with Gasteiger partial charge in [-0.25, -0.2) is 15.4 Å². The van der Waals surface area contributed by atoms with Gasteiger partial charge < -0.3 is 24.3 Å². The number of carbonyl (C=O) groups excluding carboxylic acids is 1. The number of halogens is 2. The van der Waals surface area contributed by atoms with Gasteiger partial charge in [0.15, 0.2) is 5.83 Å². The van der Waals surface area contributed by atoms with E-state index in [0.717, 1.165) is 23.2 Å². The number of likely N-dealkylation sites (N-methyl/N-ethyl adjacent to an activating group) is 1. The summed E-state index contributed by atoms with van der Waals surface area (Å²) in [6, 6.07) is 5.30. The highest BCUT2D eigenvalue weighted by atomic mass is 19.1. The molecule has 12 heteroatoms. The highest BCUT2D eigenvalue weighted by Crippen LogP contribution is 2.35. The molecule has 0 radical (unpaired) electrons. The van der Waals surface area contributed by atoms with Gasteiger partial charge in [-0.2, -0.15) is 9.97 Å². The van der Waals surface area contributed by atoms with Gasteiger partial charge >= 0.3 is 6.01 Å². The summed E-state index contributed by atoms with van der Waals surface area (Å²) in [7, 11) is 2.09. The van der Waals surface area contributed by atoms with E-state index in [9.17, 15) is 9.18 Å². The van der Waals surface area contributed by atoms with Gasteiger partial charge in [0.05, 0.1) is 24.1 Å². The van der Waals surface area contributed by atoms with E-state index in [1.165, 1.54) is 23.8 Å². The van der Waals surface area contributed by atoms with Crippen molar-refractivity contribution in [3.63, 3.8) is 0 Å². The predicted molar refractivity (Wildman–Crippen MR) is 164 cm³/mol. The first-order valence-electron chi connectivity index (χ1n) is 15.0. The zero-order valence-electron chi connectivity index (χ0n) is 25.0. The van der Waals surface area contributed by atoms with Gasteiger partial charge in [0.25, 0.3) is 5.91 Å². The number of carbonyl (C=O) groups is 1. The summed E-state index contributed by atoms with van der Waals surface area (Å²) >= 11 is 0. The molecule has 0 unspecified atom stereocenters. The van der Waals surface area contributed by atoms with Crippen molar-refractivity contribution in [1.82, 2.24) is 24.8 Å². The summed E-state index contributed by atoms with van der Waals surface area (Å²) < 4.78 is 35.1. The summed E-state index contributed by atoms with van der Waals surface area (Å²) in [6.45, 7) is 15.3. The van der Waals surface area contributed by atoms with Crippen LogP contribution in [-0.2, 0) is 17.8 Å². The van der Waals surface area contributed by atoms with Crippen LogP contribution in [0.25, 0.3) is 15.6 Å². The Morgan fingerprint density at radius 3 is 2.80 bits per heavy atom. The Bertz CT molecular complexity index is 1620.